The topological polar surface area (TPSA) is 70.8 Å². The number of sulfone groups is 1. The minimum Gasteiger partial charge on any atom is -0.463 e. The summed E-state index contributed by atoms with van der Waals surface area (Å²) in [5.41, 5.74) is 1.15. The van der Waals surface area contributed by atoms with E-state index in [2.05, 4.69) is 6.07 Å². The number of rotatable bonds is 8. The molecule has 1 aliphatic heterocycles. The number of benzene rings is 1. The fourth-order valence-electron chi connectivity index (χ4n) is 3.66. The Bertz CT molecular complexity index is 919. The molecule has 0 fully saturated rings. The summed E-state index contributed by atoms with van der Waals surface area (Å²) in [5.74, 6) is 1.72. The SMILES string of the molecule is CC(=O)CCC(N1CCc2cc(CN(C)C)oc2C1)S(=O)(=O)c1ccccc1. The molecular weight excluding hydrogens is 376 g/mol. The Morgan fingerprint density at radius 2 is 1.96 bits per heavy atom. The average Bonchev–Trinajstić information content (AvgIpc) is 3.03. The van der Waals surface area contributed by atoms with Gasteiger partial charge in [-0.1, -0.05) is 18.2 Å². The van der Waals surface area contributed by atoms with Gasteiger partial charge < -0.3 is 14.1 Å². The second-order valence-corrected chi connectivity index (χ2v) is 9.78. The van der Waals surface area contributed by atoms with Crippen LogP contribution in [0.2, 0.25) is 0 Å². The molecule has 1 atom stereocenters. The summed E-state index contributed by atoms with van der Waals surface area (Å²) in [6, 6.07) is 10.6. The van der Waals surface area contributed by atoms with Gasteiger partial charge in [0, 0.05) is 13.0 Å². The molecule has 28 heavy (non-hydrogen) atoms. The summed E-state index contributed by atoms with van der Waals surface area (Å²) in [7, 11) is 0.381. The van der Waals surface area contributed by atoms with Crippen molar-refractivity contribution in [1.82, 2.24) is 9.80 Å². The lowest BCUT2D eigenvalue weighted by Crippen LogP contribution is -2.44. The number of hydrogen-bond acceptors (Lipinski definition) is 6. The molecule has 0 saturated heterocycles. The molecule has 0 saturated carbocycles. The number of ketones is 1. The van der Waals surface area contributed by atoms with Gasteiger partial charge >= 0.3 is 0 Å². The van der Waals surface area contributed by atoms with Crippen molar-refractivity contribution in [1.29, 1.82) is 0 Å². The maximum atomic E-state index is 13.3. The molecule has 1 aliphatic rings. The van der Waals surface area contributed by atoms with Gasteiger partial charge in [0.25, 0.3) is 0 Å². The molecule has 1 aromatic heterocycles. The second kappa shape index (κ2) is 8.59. The van der Waals surface area contributed by atoms with E-state index >= 15 is 0 Å². The van der Waals surface area contributed by atoms with E-state index in [1.54, 1.807) is 30.3 Å². The first-order chi connectivity index (χ1) is 13.3. The third-order valence-corrected chi connectivity index (χ3v) is 7.19. The standard InChI is InChI=1S/C21H28N2O4S/c1-16(24)9-10-21(28(25,26)19-7-5-4-6-8-19)23-12-11-17-13-18(14-22(2)3)27-20(17)15-23/h4-8,13,21H,9-12,14-15H2,1-3H3. The fraction of sp³-hybridized carbons (Fsp3) is 0.476. The monoisotopic (exact) mass is 404 g/mol. The maximum Gasteiger partial charge on any atom is 0.194 e. The number of fused-ring (bicyclic) bond motifs is 1. The molecule has 0 amide bonds. The minimum atomic E-state index is -3.59. The van der Waals surface area contributed by atoms with E-state index in [0.717, 1.165) is 23.5 Å². The summed E-state index contributed by atoms with van der Waals surface area (Å²) in [5, 5.41) is -0.741. The number of carbonyl (C=O) groups is 1. The molecular formula is C21H28N2O4S. The maximum absolute atomic E-state index is 13.3. The zero-order valence-corrected chi connectivity index (χ0v) is 17.5. The van der Waals surface area contributed by atoms with Crippen molar-refractivity contribution in [3.8, 4) is 0 Å². The van der Waals surface area contributed by atoms with Crippen molar-refractivity contribution in [3.05, 3.63) is 53.5 Å². The zero-order valence-electron chi connectivity index (χ0n) is 16.7. The van der Waals surface area contributed by atoms with Crippen LogP contribution < -0.4 is 0 Å². The van der Waals surface area contributed by atoms with Crippen molar-refractivity contribution in [3.63, 3.8) is 0 Å². The Morgan fingerprint density at radius 1 is 1.25 bits per heavy atom. The van der Waals surface area contributed by atoms with Crippen LogP contribution in [0.4, 0.5) is 0 Å². The van der Waals surface area contributed by atoms with Gasteiger partial charge in [-0.15, -0.1) is 0 Å². The van der Waals surface area contributed by atoms with Crippen LogP contribution in [0, 0.1) is 0 Å². The van der Waals surface area contributed by atoms with Crippen LogP contribution in [0.1, 0.15) is 36.8 Å². The first-order valence-corrected chi connectivity index (χ1v) is 11.1. The molecule has 1 aromatic carbocycles. The summed E-state index contributed by atoms with van der Waals surface area (Å²) in [6.45, 7) is 3.28. The molecule has 6 nitrogen and oxygen atoms in total. The average molecular weight is 405 g/mol. The number of furan rings is 1. The van der Waals surface area contributed by atoms with Crippen LogP contribution in [0.3, 0.4) is 0 Å². The molecule has 2 heterocycles. The lowest BCUT2D eigenvalue weighted by Gasteiger charge is -2.33. The van der Waals surface area contributed by atoms with Crippen LogP contribution in [0.15, 0.2) is 45.7 Å². The van der Waals surface area contributed by atoms with E-state index in [-0.39, 0.29) is 18.6 Å². The van der Waals surface area contributed by atoms with Crippen LogP contribution in [0.5, 0.6) is 0 Å². The fourth-order valence-corrected chi connectivity index (χ4v) is 5.52. The first kappa shape index (κ1) is 20.8. The molecule has 2 aromatic rings. The van der Waals surface area contributed by atoms with Gasteiger partial charge in [0.05, 0.1) is 18.0 Å². The van der Waals surface area contributed by atoms with Crippen LogP contribution in [0.25, 0.3) is 0 Å². The quantitative estimate of drug-likeness (QED) is 0.674. The zero-order chi connectivity index (χ0) is 20.3. The molecule has 152 valence electrons. The second-order valence-electron chi connectivity index (χ2n) is 7.67. The first-order valence-electron chi connectivity index (χ1n) is 9.55. The summed E-state index contributed by atoms with van der Waals surface area (Å²) < 4.78 is 32.6. The van der Waals surface area contributed by atoms with E-state index in [9.17, 15) is 13.2 Å². The largest absolute Gasteiger partial charge is 0.463 e. The highest BCUT2D eigenvalue weighted by molar-refractivity contribution is 7.92. The Kier molecular flexibility index (Phi) is 6.37. The van der Waals surface area contributed by atoms with Gasteiger partial charge in [-0.2, -0.15) is 0 Å². The van der Waals surface area contributed by atoms with E-state index < -0.39 is 15.2 Å². The van der Waals surface area contributed by atoms with Crippen molar-refractivity contribution in [2.45, 2.75) is 49.5 Å². The van der Waals surface area contributed by atoms with Crippen LogP contribution in [-0.2, 0) is 34.1 Å². The van der Waals surface area contributed by atoms with E-state index in [0.29, 0.717) is 24.5 Å². The number of carbonyl (C=O) groups excluding carboxylic acids is 1. The van der Waals surface area contributed by atoms with Crippen molar-refractivity contribution < 1.29 is 17.6 Å². The van der Waals surface area contributed by atoms with Gasteiger partial charge in [0.2, 0.25) is 0 Å². The van der Waals surface area contributed by atoms with Crippen molar-refractivity contribution >= 4 is 15.6 Å². The highest BCUT2D eigenvalue weighted by atomic mass is 32.2. The normalized spacial score (nSPS) is 16.1. The highest BCUT2D eigenvalue weighted by Crippen LogP contribution is 2.30. The predicted octanol–water partition coefficient (Wildman–Crippen LogP) is 2.87. The summed E-state index contributed by atoms with van der Waals surface area (Å²) in [6.07, 6.45) is 1.27. The van der Waals surface area contributed by atoms with Crippen molar-refractivity contribution in [2.24, 2.45) is 0 Å². The number of nitrogens with zero attached hydrogens (tertiary/aromatic N) is 2. The Hall–Kier alpha value is -1.96. The number of Topliss-reactive ketones (excluding diaryl/α,β-unsaturated/α-hetero) is 1. The molecule has 7 heteroatoms. The lowest BCUT2D eigenvalue weighted by molar-refractivity contribution is -0.117. The third kappa shape index (κ3) is 4.71. The Balaban J connectivity index is 1.87. The van der Waals surface area contributed by atoms with Crippen molar-refractivity contribution in [2.75, 3.05) is 20.6 Å². The molecule has 0 spiro atoms. The highest BCUT2D eigenvalue weighted by Gasteiger charge is 2.35. The molecule has 0 bridgehead atoms. The van der Waals surface area contributed by atoms with Gasteiger partial charge in [0.1, 0.15) is 22.7 Å². The van der Waals surface area contributed by atoms with Crippen LogP contribution >= 0.6 is 0 Å². The third-order valence-electron chi connectivity index (χ3n) is 5.02. The molecule has 0 aliphatic carbocycles. The summed E-state index contributed by atoms with van der Waals surface area (Å²) >= 11 is 0. The van der Waals surface area contributed by atoms with Crippen LogP contribution in [-0.4, -0.2) is 50.0 Å². The minimum absolute atomic E-state index is 0.00257. The smallest absolute Gasteiger partial charge is 0.194 e. The van der Waals surface area contributed by atoms with Gasteiger partial charge in [0.15, 0.2) is 9.84 Å². The van der Waals surface area contributed by atoms with E-state index in [1.165, 1.54) is 6.92 Å². The lowest BCUT2D eigenvalue weighted by atomic mass is 10.1. The Labute approximate surface area is 167 Å². The predicted molar refractivity (Wildman–Crippen MR) is 108 cm³/mol. The number of hydrogen-bond donors (Lipinski definition) is 0. The van der Waals surface area contributed by atoms with Gasteiger partial charge in [-0.25, -0.2) is 8.42 Å². The van der Waals surface area contributed by atoms with Gasteiger partial charge in [-0.3, -0.25) is 4.90 Å². The summed E-state index contributed by atoms with van der Waals surface area (Å²) in [4.78, 5) is 15.8. The molecule has 0 radical (unpaired) electrons. The van der Waals surface area contributed by atoms with Gasteiger partial charge in [-0.05, 0) is 57.6 Å². The van der Waals surface area contributed by atoms with E-state index in [1.807, 2.05) is 23.9 Å². The molecule has 1 unspecified atom stereocenters. The Morgan fingerprint density at radius 3 is 2.61 bits per heavy atom. The molecule has 3 rings (SSSR count). The molecule has 0 N–H and O–H groups in total. The van der Waals surface area contributed by atoms with E-state index in [4.69, 9.17) is 4.42 Å².